The quantitative estimate of drug-likeness (QED) is 0.193. The summed E-state index contributed by atoms with van der Waals surface area (Å²) in [7, 11) is -10.1. The molecule has 1 heterocycles. The number of aliphatic hydroxyl groups excluding tert-OH is 2. The van der Waals surface area contributed by atoms with Gasteiger partial charge < -0.3 is 44.2 Å². The van der Waals surface area contributed by atoms with Gasteiger partial charge >= 0.3 is 37.4 Å². The van der Waals surface area contributed by atoms with Gasteiger partial charge in [-0.2, -0.15) is 0 Å². The Morgan fingerprint density at radius 2 is 1.71 bits per heavy atom. The Bertz CT molecular complexity index is 433. The number of hydrogen-bond acceptors (Lipinski definition) is 9. The van der Waals surface area contributed by atoms with Crippen molar-refractivity contribution in [1.82, 2.24) is 0 Å². The predicted octanol–water partition coefficient (Wildman–Crippen LogP) is -6.61. The van der Waals surface area contributed by atoms with Gasteiger partial charge in [0.15, 0.2) is 0 Å². The van der Waals surface area contributed by atoms with Crippen LogP contribution in [-0.2, 0) is 22.9 Å². The zero-order valence-electron chi connectivity index (χ0n) is 10.7. The fraction of sp³-hybridized carbons (Fsp3) is 1.00. The van der Waals surface area contributed by atoms with Crippen LogP contribution in [0.15, 0.2) is 0 Å². The molecule has 1 rings (SSSR count). The van der Waals surface area contributed by atoms with Crippen molar-refractivity contribution < 1.29 is 87.4 Å². The zero-order valence-corrected chi connectivity index (χ0v) is 14.5. The topological polar surface area (TPSA) is 206 Å². The number of phosphoric ester groups is 2. The SMILES string of the molecule is O=P([O-])(O)OCC1OC(O)(COP(=O)(O)O)C(O)C1O.[Na+]. The Hall–Kier alpha value is 1.06. The maximum atomic E-state index is 10.5. The molecule has 0 radical (unpaired) electrons. The summed E-state index contributed by atoms with van der Waals surface area (Å²) in [4.78, 5) is 35.6. The molecule has 0 saturated carbocycles. The first-order valence-electron chi connectivity index (χ1n) is 4.99. The van der Waals surface area contributed by atoms with Crippen LogP contribution >= 0.6 is 15.6 Å². The van der Waals surface area contributed by atoms with Crippen LogP contribution in [0.4, 0.5) is 0 Å². The van der Waals surface area contributed by atoms with Crippen molar-refractivity contribution in [3.63, 3.8) is 0 Å². The summed E-state index contributed by atoms with van der Waals surface area (Å²) in [6.07, 6.45) is -5.47. The van der Waals surface area contributed by atoms with Gasteiger partial charge in [0.1, 0.15) is 24.9 Å². The molecule has 15 heteroatoms. The summed E-state index contributed by atoms with van der Waals surface area (Å²) in [6, 6.07) is 0. The molecule has 0 spiro atoms. The molecule has 12 nitrogen and oxygen atoms in total. The molecule has 0 aliphatic carbocycles. The molecule has 1 aliphatic heterocycles. The Morgan fingerprint density at radius 3 is 2.14 bits per heavy atom. The van der Waals surface area contributed by atoms with Gasteiger partial charge in [0.25, 0.3) is 7.82 Å². The average molecular weight is 362 g/mol. The summed E-state index contributed by atoms with van der Waals surface area (Å²) in [5.74, 6) is -2.68. The third-order valence-electron chi connectivity index (χ3n) is 2.36. The van der Waals surface area contributed by atoms with Crippen molar-refractivity contribution in [1.29, 1.82) is 0 Å². The van der Waals surface area contributed by atoms with E-state index >= 15 is 0 Å². The molecule has 0 aromatic rings. The maximum Gasteiger partial charge on any atom is 1.00 e. The Morgan fingerprint density at radius 1 is 1.19 bits per heavy atom. The third kappa shape index (κ3) is 7.00. The normalized spacial score (nSPS) is 36.0. The smallest absolute Gasteiger partial charge is 0.756 e. The van der Waals surface area contributed by atoms with Crippen molar-refractivity contribution in [2.45, 2.75) is 24.1 Å². The van der Waals surface area contributed by atoms with E-state index in [1.807, 2.05) is 0 Å². The van der Waals surface area contributed by atoms with E-state index in [9.17, 15) is 29.3 Å². The average Bonchev–Trinajstić information content (AvgIpc) is 2.48. The third-order valence-corrected chi connectivity index (χ3v) is 3.30. The van der Waals surface area contributed by atoms with E-state index in [4.69, 9.17) is 14.7 Å². The first-order valence-corrected chi connectivity index (χ1v) is 8.01. The van der Waals surface area contributed by atoms with Gasteiger partial charge in [-0.05, 0) is 0 Å². The van der Waals surface area contributed by atoms with Gasteiger partial charge in [0.05, 0.1) is 6.61 Å². The fourth-order valence-electron chi connectivity index (χ4n) is 1.47. The second-order valence-electron chi connectivity index (χ2n) is 3.96. The van der Waals surface area contributed by atoms with E-state index in [0.29, 0.717) is 0 Å². The minimum Gasteiger partial charge on any atom is -0.756 e. The molecule has 1 aliphatic rings. The molecular weight excluding hydrogens is 349 g/mol. The van der Waals surface area contributed by atoms with E-state index in [1.54, 1.807) is 0 Å². The molecule has 21 heavy (non-hydrogen) atoms. The summed E-state index contributed by atoms with van der Waals surface area (Å²) < 4.78 is 33.4. The predicted molar refractivity (Wildman–Crippen MR) is 55.6 cm³/mol. The second-order valence-corrected chi connectivity index (χ2v) is 6.40. The number of rotatable bonds is 6. The van der Waals surface area contributed by atoms with E-state index < -0.39 is 53.0 Å². The Balaban J connectivity index is 0.00000400. The summed E-state index contributed by atoms with van der Waals surface area (Å²) >= 11 is 0. The van der Waals surface area contributed by atoms with Gasteiger partial charge in [-0.3, -0.25) is 9.09 Å². The van der Waals surface area contributed by atoms with Crippen LogP contribution in [0.5, 0.6) is 0 Å². The zero-order chi connectivity index (χ0) is 15.8. The number of phosphoric acid groups is 2. The fourth-order valence-corrected chi connectivity index (χ4v) is 2.16. The van der Waals surface area contributed by atoms with Gasteiger partial charge in [-0.15, -0.1) is 0 Å². The number of hydrogen-bond donors (Lipinski definition) is 6. The molecule has 5 atom stereocenters. The molecule has 0 aromatic heterocycles. The first-order chi connectivity index (χ1) is 8.84. The van der Waals surface area contributed by atoms with Gasteiger partial charge in [-0.25, -0.2) is 4.57 Å². The largest absolute Gasteiger partial charge is 1.00 e. The first kappa shape index (κ1) is 22.1. The second kappa shape index (κ2) is 7.75. The van der Waals surface area contributed by atoms with E-state index in [-0.39, 0.29) is 29.6 Å². The van der Waals surface area contributed by atoms with Crippen LogP contribution in [-0.4, -0.2) is 67.3 Å². The Kier molecular flexibility index (Phi) is 8.15. The molecule has 120 valence electrons. The van der Waals surface area contributed by atoms with Crippen LogP contribution in [0.25, 0.3) is 0 Å². The minimum atomic E-state index is -5.11. The molecule has 1 saturated heterocycles. The number of ether oxygens (including phenoxy) is 1. The monoisotopic (exact) mass is 362 g/mol. The molecule has 5 unspecified atom stereocenters. The van der Waals surface area contributed by atoms with Gasteiger partial charge in [0.2, 0.25) is 5.79 Å². The summed E-state index contributed by atoms with van der Waals surface area (Å²) in [5.41, 5.74) is 0. The molecular formula is C6H13NaO12P2. The Labute approximate surface area is 140 Å². The van der Waals surface area contributed by atoms with Crippen molar-refractivity contribution in [3.05, 3.63) is 0 Å². The van der Waals surface area contributed by atoms with Crippen molar-refractivity contribution in [3.8, 4) is 0 Å². The van der Waals surface area contributed by atoms with Gasteiger partial charge in [-0.1, -0.05) is 0 Å². The van der Waals surface area contributed by atoms with Crippen LogP contribution in [0.3, 0.4) is 0 Å². The summed E-state index contributed by atoms with van der Waals surface area (Å²) in [6.45, 7) is -2.13. The van der Waals surface area contributed by atoms with E-state index in [0.717, 1.165) is 0 Å². The molecule has 0 amide bonds. The molecule has 1 fully saturated rings. The molecule has 0 bridgehead atoms. The van der Waals surface area contributed by atoms with Crippen molar-refractivity contribution in [2.24, 2.45) is 0 Å². The standard InChI is InChI=1S/C6H14O12P2.Na/c7-4-3(1-16-19(10,11)12)18-6(9,5(4)8)2-17-20(13,14)15;/h3-5,7-9H,1-2H2,(H2,10,11,12)(H2,13,14,15);/q;+1/p-1. The van der Waals surface area contributed by atoms with Crippen LogP contribution in [0.1, 0.15) is 0 Å². The van der Waals surface area contributed by atoms with Crippen molar-refractivity contribution in [2.75, 3.05) is 13.2 Å². The minimum absolute atomic E-state index is 0. The molecule has 0 aromatic carbocycles. The van der Waals surface area contributed by atoms with E-state index in [2.05, 4.69) is 13.8 Å². The van der Waals surface area contributed by atoms with Crippen LogP contribution in [0, 0.1) is 0 Å². The number of aliphatic hydroxyl groups is 3. The van der Waals surface area contributed by atoms with Gasteiger partial charge in [0, 0.05) is 0 Å². The van der Waals surface area contributed by atoms with Crippen molar-refractivity contribution >= 4 is 15.6 Å². The van der Waals surface area contributed by atoms with E-state index in [1.165, 1.54) is 0 Å². The van der Waals surface area contributed by atoms with Crippen LogP contribution in [0.2, 0.25) is 0 Å². The van der Waals surface area contributed by atoms with Crippen LogP contribution < -0.4 is 34.5 Å². The summed E-state index contributed by atoms with van der Waals surface area (Å²) in [5, 5.41) is 28.7. The molecule has 6 N–H and O–H groups in total. The maximum absolute atomic E-state index is 10.5.